The third kappa shape index (κ3) is 3.73. The highest BCUT2D eigenvalue weighted by atomic mass is 16.5. The lowest BCUT2D eigenvalue weighted by atomic mass is 10.1. The largest absolute Gasteiger partial charge is 0.381 e. The summed E-state index contributed by atoms with van der Waals surface area (Å²) in [5, 5.41) is 3.36. The zero-order valence-electron chi connectivity index (χ0n) is 7.44. The minimum Gasteiger partial charge on any atom is -0.381 e. The van der Waals surface area contributed by atoms with Crippen molar-refractivity contribution in [3.05, 3.63) is 0 Å². The Morgan fingerprint density at radius 1 is 1.45 bits per heavy atom. The smallest absolute Gasteiger partial charge is 0.0469 e. The van der Waals surface area contributed by atoms with Crippen molar-refractivity contribution in [1.82, 2.24) is 5.32 Å². The molecular weight excluding hydrogens is 138 g/mol. The first kappa shape index (κ1) is 9.01. The maximum absolute atomic E-state index is 5.42. The quantitative estimate of drug-likeness (QED) is 0.609. The Morgan fingerprint density at radius 3 is 3.00 bits per heavy atom. The second-order valence-electron chi connectivity index (χ2n) is 3.26. The first-order valence-corrected chi connectivity index (χ1v) is 4.72. The van der Waals surface area contributed by atoms with Gasteiger partial charge < -0.3 is 10.1 Å². The molecule has 66 valence electrons. The topological polar surface area (TPSA) is 21.3 Å². The molecule has 0 aromatic heterocycles. The Morgan fingerprint density at radius 2 is 2.36 bits per heavy atom. The van der Waals surface area contributed by atoms with Gasteiger partial charge in [0.15, 0.2) is 0 Å². The number of ether oxygens (including phenoxy) is 1. The molecule has 0 radical (unpaired) electrons. The van der Waals surface area contributed by atoms with E-state index in [9.17, 15) is 0 Å². The van der Waals surface area contributed by atoms with Crippen molar-refractivity contribution in [1.29, 1.82) is 0 Å². The van der Waals surface area contributed by atoms with Crippen LogP contribution in [0.4, 0.5) is 0 Å². The van der Waals surface area contributed by atoms with E-state index in [1.54, 1.807) is 0 Å². The molecule has 1 aliphatic heterocycles. The van der Waals surface area contributed by atoms with Gasteiger partial charge >= 0.3 is 0 Å². The number of rotatable bonds is 5. The van der Waals surface area contributed by atoms with Crippen molar-refractivity contribution in [2.24, 2.45) is 5.92 Å². The van der Waals surface area contributed by atoms with Crippen LogP contribution in [0.1, 0.15) is 26.2 Å². The molecule has 0 aliphatic carbocycles. The summed E-state index contributed by atoms with van der Waals surface area (Å²) in [6.07, 6.45) is 3.73. The van der Waals surface area contributed by atoms with Crippen LogP contribution in [-0.4, -0.2) is 26.3 Å². The Hall–Kier alpha value is -0.0800. The van der Waals surface area contributed by atoms with Crippen LogP contribution in [0.15, 0.2) is 0 Å². The number of nitrogens with one attached hydrogen (secondary N) is 1. The summed E-state index contributed by atoms with van der Waals surface area (Å²) in [5.41, 5.74) is 0. The van der Waals surface area contributed by atoms with Gasteiger partial charge in [-0.05, 0) is 38.3 Å². The van der Waals surface area contributed by atoms with Crippen LogP contribution >= 0.6 is 0 Å². The standard InChI is InChI=1S/C9H19NO/c1-2-6-11-7-4-9-3-5-10-8-9/h9-10H,2-8H2,1H3. The van der Waals surface area contributed by atoms with E-state index in [-0.39, 0.29) is 0 Å². The highest BCUT2D eigenvalue weighted by Crippen LogP contribution is 2.11. The predicted octanol–water partition coefficient (Wildman–Crippen LogP) is 1.41. The Balaban J connectivity index is 1.86. The lowest BCUT2D eigenvalue weighted by Gasteiger charge is -2.07. The van der Waals surface area contributed by atoms with Gasteiger partial charge in [0.2, 0.25) is 0 Å². The molecule has 0 bridgehead atoms. The Labute approximate surface area is 69.3 Å². The first-order valence-electron chi connectivity index (χ1n) is 4.72. The highest BCUT2D eigenvalue weighted by Gasteiger charge is 2.13. The Bertz CT molecular complexity index is 89.6. The zero-order valence-corrected chi connectivity index (χ0v) is 7.44. The molecule has 0 aromatic rings. The fourth-order valence-electron chi connectivity index (χ4n) is 1.46. The molecule has 2 nitrogen and oxygen atoms in total. The van der Waals surface area contributed by atoms with E-state index >= 15 is 0 Å². The predicted molar refractivity (Wildman–Crippen MR) is 46.7 cm³/mol. The fraction of sp³-hybridized carbons (Fsp3) is 1.00. The minimum atomic E-state index is 0.881. The van der Waals surface area contributed by atoms with Crippen LogP contribution in [-0.2, 0) is 4.74 Å². The van der Waals surface area contributed by atoms with E-state index in [0.717, 1.165) is 25.6 Å². The van der Waals surface area contributed by atoms with Gasteiger partial charge in [0.05, 0.1) is 0 Å². The summed E-state index contributed by atoms with van der Waals surface area (Å²) in [4.78, 5) is 0. The van der Waals surface area contributed by atoms with Gasteiger partial charge in [0, 0.05) is 13.2 Å². The molecule has 1 unspecified atom stereocenters. The van der Waals surface area contributed by atoms with Crippen LogP contribution in [0.2, 0.25) is 0 Å². The van der Waals surface area contributed by atoms with Crippen LogP contribution in [0.3, 0.4) is 0 Å². The lowest BCUT2D eigenvalue weighted by molar-refractivity contribution is 0.122. The third-order valence-corrected chi connectivity index (χ3v) is 2.18. The van der Waals surface area contributed by atoms with E-state index < -0.39 is 0 Å². The summed E-state index contributed by atoms with van der Waals surface area (Å²) >= 11 is 0. The van der Waals surface area contributed by atoms with Gasteiger partial charge in [-0.15, -0.1) is 0 Å². The molecule has 0 spiro atoms. The molecule has 0 saturated carbocycles. The average molecular weight is 157 g/mol. The van der Waals surface area contributed by atoms with Crippen molar-refractivity contribution in [3.8, 4) is 0 Å². The number of hydrogen-bond acceptors (Lipinski definition) is 2. The van der Waals surface area contributed by atoms with Crippen LogP contribution < -0.4 is 5.32 Å². The van der Waals surface area contributed by atoms with Gasteiger partial charge in [-0.1, -0.05) is 6.92 Å². The molecule has 1 atom stereocenters. The molecule has 2 heteroatoms. The SMILES string of the molecule is CCCOCCC1CCNC1. The third-order valence-electron chi connectivity index (χ3n) is 2.18. The monoisotopic (exact) mass is 157 g/mol. The van der Waals surface area contributed by atoms with Gasteiger partial charge in [0.25, 0.3) is 0 Å². The molecule has 1 saturated heterocycles. The van der Waals surface area contributed by atoms with E-state index in [1.165, 1.54) is 25.9 Å². The minimum absolute atomic E-state index is 0.881. The summed E-state index contributed by atoms with van der Waals surface area (Å²) in [6, 6.07) is 0. The van der Waals surface area contributed by atoms with Crippen molar-refractivity contribution < 1.29 is 4.74 Å². The summed E-state index contributed by atoms with van der Waals surface area (Å²) in [5.74, 6) is 0.881. The Kier molecular flexibility index (Phi) is 4.55. The van der Waals surface area contributed by atoms with Crippen molar-refractivity contribution >= 4 is 0 Å². The normalized spacial score (nSPS) is 24.3. The van der Waals surface area contributed by atoms with Crippen molar-refractivity contribution in [2.45, 2.75) is 26.2 Å². The van der Waals surface area contributed by atoms with Gasteiger partial charge in [0.1, 0.15) is 0 Å². The molecule has 0 aromatic carbocycles. The second kappa shape index (κ2) is 5.56. The van der Waals surface area contributed by atoms with Crippen molar-refractivity contribution in [2.75, 3.05) is 26.3 Å². The molecule has 1 N–H and O–H groups in total. The van der Waals surface area contributed by atoms with Crippen LogP contribution in [0, 0.1) is 5.92 Å². The van der Waals surface area contributed by atoms with Crippen molar-refractivity contribution in [3.63, 3.8) is 0 Å². The van der Waals surface area contributed by atoms with Gasteiger partial charge in [-0.2, -0.15) is 0 Å². The van der Waals surface area contributed by atoms with Gasteiger partial charge in [-0.3, -0.25) is 0 Å². The summed E-state index contributed by atoms with van der Waals surface area (Å²) in [6.45, 7) is 6.45. The van der Waals surface area contributed by atoms with E-state index in [1.807, 2.05) is 0 Å². The lowest BCUT2D eigenvalue weighted by Crippen LogP contribution is -2.10. The summed E-state index contributed by atoms with van der Waals surface area (Å²) in [7, 11) is 0. The average Bonchev–Trinajstić information content (AvgIpc) is 2.50. The zero-order chi connectivity index (χ0) is 7.94. The summed E-state index contributed by atoms with van der Waals surface area (Å²) < 4.78 is 5.42. The van der Waals surface area contributed by atoms with Crippen LogP contribution in [0.25, 0.3) is 0 Å². The molecule has 1 heterocycles. The number of hydrogen-bond donors (Lipinski definition) is 1. The maximum Gasteiger partial charge on any atom is 0.0469 e. The molecule has 0 amide bonds. The molecule has 1 rings (SSSR count). The molecule has 1 fully saturated rings. The van der Waals surface area contributed by atoms with Crippen LogP contribution in [0.5, 0.6) is 0 Å². The van der Waals surface area contributed by atoms with E-state index in [2.05, 4.69) is 12.2 Å². The fourth-order valence-corrected chi connectivity index (χ4v) is 1.46. The highest BCUT2D eigenvalue weighted by molar-refractivity contribution is 4.70. The van der Waals surface area contributed by atoms with E-state index in [0.29, 0.717) is 0 Å². The molecule has 1 aliphatic rings. The van der Waals surface area contributed by atoms with E-state index in [4.69, 9.17) is 4.74 Å². The maximum atomic E-state index is 5.42. The molecular formula is C9H19NO. The molecule has 11 heavy (non-hydrogen) atoms. The van der Waals surface area contributed by atoms with Gasteiger partial charge in [-0.25, -0.2) is 0 Å². The second-order valence-corrected chi connectivity index (χ2v) is 3.26. The first-order chi connectivity index (χ1) is 5.43.